The number of carbonyl (C=O) groups is 1. The van der Waals surface area contributed by atoms with E-state index in [9.17, 15) is 9.18 Å². The zero-order chi connectivity index (χ0) is 13.7. The van der Waals surface area contributed by atoms with Crippen LogP contribution in [0, 0.1) is 5.82 Å². The van der Waals surface area contributed by atoms with Crippen LogP contribution in [0.25, 0.3) is 0 Å². The predicted molar refractivity (Wildman–Crippen MR) is 86.0 cm³/mol. The topological polar surface area (TPSA) is 26.3 Å². The molecule has 0 spiro atoms. The molecule has 0 saturated carbocycles. The van der Waals surface area contributed by atoms with Crippen molar-refractivity contribution in [3.05, 3.63) is 65.5 Å². The standard InChI is InChI=1S/C15H13FO2S.5FH/c1-2-11-7-9-12(10-8-11)15(17)18-19-14-6-4-3-5-13(14)16;;;;;/h3-10H,2H2,1H3;5*1H. The van der Waals surface area contributed by atoms with Crippen molar-refractivity contribution in [3.8, 4) is 0 Å². The van der Waals surface area contributed by atoms with Gasteiger partial charge in [0.05, 0.1) is 22.5 Å². The van der Waals surface area contributed by atoms with Crippen LogP contribution in [0.1, 0.15) is 22.8 Å². The van der Waals surface area contributed by atoms with Gasteiger partial charge in [-0.2, -0.15) is 0 Å². The van der Waals surface area contributed by atoms with Crippen molar-refractivity contribution in [3.63, 3.8) is 0 Å². The Bertz CT molecular complexity index is 580. The molecule has 2 rings (SSSR count). The Kier molecular flexibility index (Phi) is 17.9. The van der Waals surface area contributed by atoms with Gasteiger partial charge < -0.3 is 4.18 Å². The summed E-state index contributed by atoms with van der Waals surface area (Å²) in [6.45, 7) is 2.04. The molecule has 138 valence electrons. The van der Waals surface area contributed by atoms with Crippen LogP contribution >= 0.6 is 12.0 Å². The number of aryl methyl sites for hydroxylation is 1. The Labute approximate surface area is 139 Å². The lowest BCUT2D eigenvalue weighted by Gasteiger charge is -2.04. The fraction of sp³-hybridized carbons (Fsp3) is 0.133. The third kappa shape index (κ3) is 7.91. The van der Waals surface area contributed by atoms with E-state index in [1.165, 1.54) is 6.07 Å². The van der Waals surface area contributed by atoms with Crippen LogP contribution in [-0.2, 0) is 10.6 Å². The maximum atomic E-state index is 13.3. The molecule has 24 heavy (non-hydrogen) atoms. The van der Waals surface area contributed by atoms with Crippen molar-refractivity contribution in [2.45, 2.75) is 18.2 Å². The van der Waals surface area contributed by atoms with Gasteiger partial charge in [0.15, 0.2) is 0 Å². The number of carbonyl (C=O) groups excluding carboxylic acids is 1. The van der Waals surface area contributed by atoms with Crippen molar-refractivity contribution < 1.29 is 36.9 Å². The van der Waals surface area contributed by atoms with Crippen LogP contribution < -0.4 is 0 Å². The molecule has 0 fully saturated rings. The van der Waals surface area contributed by atoms with E-state index in [1.54, 1.807) is 30.3 Å². The minimum atomic E-state index is -0.476. The summed E-state index contributed by atoms with van der Waals surface area (Å²) in [7, 11) is 0. The molecular weight excluding hydrogens is 358 g/mol. The predicted octanol–water partition coefficient (Wildman–Crippen LogP) is 5.01. The maximum absolute atomic E-state index is 13.3. The van der Waals surface area contributed by atoms with Gasteiger partial charge in [-0.05, 0) is 36.2 Å². The Morgan fingerprint density at radius 3 is 2.00 bits per heavy atom. The molecule has 0 aliphatic rings. The third-order valence-electron chi connectivity index (χ3n) is 2.64. The van der Waals surface area contributed by atoms with Gasteiger partial charge in [-0.3, -0.25) is 23.5 Å². The zero-order valence-corrected chi connectivity index (χ0v) is 13.3. The molecule has 9 heteroatoms. The number of hydrogen-bond acceptors (Lipinski definition) is 3. The Morgan fingerprint density at radius 1 is 0.958 bits per heavy atom. The van der Waals surface area contributed by atoms with E-state index in [0.29, 0.717) is 10.5 Å². The minimum Gasteiger partial charge on any atom is -0.382 e. The molecular formula is C15H18F6O2S. The maximum Gasteiger partial charge on any atom is 0.350 e. The Balaban J connectivity index is -0.000000400. The second-order valence-electron chi connectivity index (χ2n) is 3.94. The van der Waals surface area contributed by atoms with Gasteiger partial charge in [0, 0.05) is 0 Å². The molecule has 0 aromatic heterocycles. The monoisotopic (exact) mass is 376 g/mol. The summed E-state index contributed by atoms with van der Waals surface area (Å²) in [5.74, 6) is -0.877. The average Bonchev–Trinajstić information content (AvgIpc) is 2.46. The van der Waals surface area contributed by atoms with E-state index in [0.717, 1.165) is 24.0 Å². The van der Waals surface area contributed by atoms with E-state index in [-0.39, 0.29) is 23.5 Å². The highest BCUT2D eigenvalue weighted by atomic mass is 32.2. The van der Waals surface area contributed by atoms with Crippen LogP contribution in [0.5, 0.6) is 0 Å². The summed E-state index contributed by atoms with van der Waals surface area (Å²) in [5.41, 5.74) is 1.61. The molecule has 0 aliphatic heterocycles. The van der Waals surface area contributed by atoms with Gasteiger partial charge in [0.1, 0.15) is 5.82 Å². The highest BCUT2D eigenvalue weighted by Gasteiger charge is 2.10. The largest absolute Gasteiger partial charge is 0.382 e. The zero-order valence-electron chi connectivity index (χ0n) is 12.5. The molecule has 0 bridgehead atoms. The first-order valence-corrected chi connectivity index (χ1v) is 6.67. The van der Waals surface area contributed by atoms with Gasteiger partial charge >= 0.3 is 5.97 Å². The summed E-state index contributed by atoms with van der Waals surface area (Å²) >= 11 is 0.735. The number of benzene rings is 2. The van der Waals surface area contributed by atoms with Crippen LogP contribution in [0.4, 0.5) is 27.9 Å². The molecule has 0 N–H and O–H groups in total. The van der Waals surface area contributed by atoms with E-state index in [4.69, 9.17) is 4.18 Å². The van der Waals surface area contributed by atoms with E-state index < -0.39 is 11.8 Å². The fourth-order valence-corrected chi connectivity index (χ4v) is 2.06. The summed E-state index contributed by atoms with van der Waals surface area (Å²) in [4.78, 5) is 12.1. The first-order chi connectivity index (χ1) is 9.20. The number of rotatable bonds is 4. The first kappa shape index (κ1) is 29.8. The van der Waals surface area contributed by atoms with Crippen LogP contribution in [-0.4, -0.2) is 5.97 Å². The fourth-order valence-electron chi connectivity index (χ4n) is 1.52. The van der Waals surface area contributed by atoms with Crippen molar-refractivity contribution in [2.75, 3.05) is 0 Å². The third-order valence-corrected chi connectivity index (χ3v) is 3.39. The molecule has 0 atom stereocenters. The normalized spacial score (nSPS) is 8.08. The van der Waals surface area contributed by atoms with Crippen LogP contribution in [0.15, 0.2) is 53.4 Å². The van der Waals surface area contributed by atoms with Gasteiger partial charge in [0.2, 0.25) is 0 Å². The second kappa shape index (κ2) is 14.4. The van der Waals surface area contributed by atoms with Crippen LogP contribution in [0.3, 0.4) is 0 Å². The SMILES string of the molecule is CCc1ccc(C(=O)OSc2ccccc2F)cc1.F.F.F.F.F. The molecule has 2 nitrogen and oxygen atoms in total. The first-order valence-electron chi connectivity index (χ1n) is 5.93. The highest BCUT2D eigenvalue weighted by molar-refractivity contribution is 7.95. The summed E-state index contributed by atoms with van der Waals surface area (Å²) in [6.07, 6.45) is 0.916. The molecule has 2 aromatic rings. The molecule has 0 amide bonds. The second-order valence-corrected chi connectivity index (χ2v) is 4.71. The van der Waals surface area contributed by atoms with Gasteiger partial charge in [0.25, 0.3) is 0 Å². The lowest BCUT2D eigenvalue weighted by molar-refractivity contribution is 0.0768. The minimum absolute atomic E-state index is 0. The quantitative estimate of drug-likeness (QED) is 0.554. The number of hydrogen-bond donors (Lipinski definition) is 0. The lowest BCUT2D eigenvalue weighted by Crippen LogP contribution is -2.00. The average molecular weight is 376 g/mol. The smallest absolute Gasteiger partial charge is 0.350 e. The Hall–Kier alpha value is -2.16. The van der Waals surface area contributed by atoms with Gasteiger partial charge in [-0.15, -0.1) is 0 Å². The number of halogens is 6. The summed E-state index contributed by atoms with van der Waals surface area (Å²) < 4.78 is 18.3. The molecule has 0 saturated heterocycles. The molecule has 0 heterocycles. The molecule has 0 radical (unpaired) electrons. The molecule has 0 unspecified atom stereocenters. The lowest BCUT2D eigenvalue weighted by atomic mass is 10.1. The van der Waals surface area contributed by atoms with E-state index >= 15 is 0 Å². The van der Waals surface area contributed by atoms with Gasteiger partial charge in [-0.25, -0.2) is 9.18 Å². The summed E-state index contributed by atoms with van der Waals surface area (Å²) in [5, 5.41) is 0. The highest BCUT2D eigenvalue weighted by Crippen LogP contribution is 2.23. The van der Waals surface area contributed by atoms with Crippen molar-refractivity contribution >= 4 is 18.0 Å². The van der Waals surface area contributed by atoms with Crippen LogP contribution in [0.2, 0.25) is 0 Å². The van der Waals surface area contributed by atoms with Gasteiger partial charge in [-0.1, -0.05) is 31.2 Å². The van der Waals surface area contributed by atoms with Crippen molar-refractivity contribution in [1.29, 1.82) is 0 Å². The molecule has 0 aliphatic carbocycles. The Morgan fingerprint density at radius 2 is 1.50 bits per heavy atom. The van der Waals surface area contributed by atoms with Crippen molar-refractivity contribution in [2.24, 2.45) is 0 Å². The van der Waals surface area contributed by atoms with E-state index in [1.807, 2.05) is 19.1 Å². The van der Waals surface area contributed by atoms with E-state index in [2.05, 4.69) is 0 Å². The van der Waals surface area contributed by atoms with Crippen molar-refractivity contribution in [1.82, 2.24) is 0 Å². The molecule has 2 aromatic carbocycles. The summed E-state index contributed by atoms with van der Waals surface area (Å²) in [6, 6.07) is 13.3.